The van der Waals surface area contributed by atoms with Crippen LogP contribution in [-0.4, -0.2) is 5.84 Å². The van der Waals surface area contributed by atoms with E-state index in [1.165, 1.54) is 42.9 Å². The zero-order valence-corrected chi connectivity index (χ0v) is 11.2. The van der Waals surface area contributed by atoms with Gasteiger partial charge in [-0.2, -0.15) is 0 Å². The maximum atomic E-state index is 6.22. The number of hydrogen-bond donors (Lipinski definition) is 1. The van der Waals surface area contributed by atoms with E-state index in [1.54, 1.807) is 0 Å². The van der Waals surface area contributed by atoms with Gasteiger partial charge in [0.05, 0.1) is 5.69 Å². The molecule has 0 heterocycles. The first-order valence-corrected chi connectivity index (χ1v) is 7.16. The molecule has 98 valence electrons. The fourth-order valence-corrected chi connectivity index (χ4v) is 2.93. The first kappa shape index (κ1) is 12.2. The quantitative estimate of drug-likeness (QED) is 0.624. The van der Waals surface area contributed by atoms with E-state index in [0.29, 0.717) is 5.92 Å². The van der Waals surface area contributed by atoms with Gasteiger partial charge in [0.15, 0.2) is 0 Å². The van der Waals surface area contributed by atoms with E-state index < -0.39 is 0 Å². The molecule has 1 aliphatic rings. The number of hydrogen-bond acceptors (Lipinski definition) is 1. The summed E-state index contributed by atoms with van der Waals surface area (Å²) in [5, 5.41) is 2.41. The van der Waals surface area contributed by atoms with Crippen molar-refractivity contribution in [2.45, 2.75) is 32.1 Å². The van der Waals surface area contributed by atoms with E-state index in [4.69, 9.17) is 10.7 Å². The Morgan fingerprint density at radius 2 is 1.68 bits per heavy atom. The van der Waals surface area contributed by atoms with E-state index in [2.05, 4.69) is 42.5 Å². The molecule has 0 spiro atoms. The average molecular weight is 252 g/mol. The highest BCUT2D eigenvalue weighted by Gasteiger charge is 2.17. The van der Waals surface area contributed by atoms with Crippen LogP contribution < -0.4 is 5.73 Å². The van der Waals surface area contributed by atoms with Gasteiger partial charge in [-0.15, -0.1) is 0 Å². The molecule has 0 unspecified atom stereocenters. The Labute approximate surface area is 114 Å². The third kappa shape index (κ3) is 2.62. The lowest BCUT2D eigenvalue weighted by Crippen LogP contribution is -2.25. The molecule has 0 atom stereocenters. The van der Waals surface area contributed by atoms with Crippen molar-refractivity contribution in [2.75, 3.05) is 0 Å². The highest BCUT2D eigenvalue weighted by Crippen LogP contribution is 2.28. The lowest BCUT2D eigenvalue weighted by Gasteiger charge is -2.21. The largest absolute Gasteiger partial charge is 0.387 e. The number of fused-ring (bicyclic) bond motifs is 1. The summed E-state index contributed by atoms with van der Waals surface area (Å²) in [6, 6.07) is 14.6. The molecular formula is C17H20N2. The smallest absolute Gasteiger partial charge is 0.103 e. The fraction of sp³-hybridized carbons (Fsp3) is 0.353. The lowest BCUT2D eigenvalue weighted by molar-refractivity contribution is 0.437. The van der Waals surface area contributed by atoms with Crippen LogP contribution in [0.5, 0.6) is 0 Å². The molecular weight excluding hydrogens is 232 g/mol. The van der Waals surface area contributed by atoms with Gasteiger partial charge < -0.3 is 5.73 Å². The number of benzene rings is 2. The Morgan fingerprint density at radius 1 is 0.947 bits per heavy atom. The zero-order valence-electron chi connectivity index (χ0n) is 11.2. The number of nitrogens with zero attached hydrogens (tertiary/aromatic N) is 1. The van der Waals surface area contributed by atoms with Crippen LogP contribution in [0.25, 0.3) is 10.8 Å². The van der Waals surface area contributed by atoms with E-state index in [9.17, 15) is 0 Å². The van der Waals surface area contributed by atoms with Crippen molar-refractivity contribution >= 4 is 22.3 Å². The standard InChI is InChI=1S/C17H20N2/c18-17(14-8-2-1-3-9-14)19-16-12-6-10-13-7-4-5-11-15(13)16/h4-7,10-12,14H,1-3,8-9H2,(H2,18,19). The molecule has 2 N–H and O–H groups in total. The van der Waals surface area contributed by atoms with Crippen LogP contribution in [0.3, 0.4) is 0 Å². The predicted molar refractivity (Wildman–Crippen MR) is 81.8 cm³/mol. The minimum atomic E-state index is 0.479. The molecule has 0 radical (unpaired) electrons. The number of nitrogens with two attached hydrogens (primary N) is 1. The summed E-state index contributed by atoms with van der Waals surface area (Å²) in [4.78, 5) is 4.71. The van der Waals surface area contributed by atoms with Crippen LogP contribution in [0.2, 0.25) is 0 Å². The van der Waals surface area contributed by atoms with Crippen molar-refractivity contribution in [3.8, 4) is 0 Å². The van der Waals surface area contributed by atoms with Gasteiger partial charge in [-0.3, -0.25) is 0 Å². The molecule has 2 nitrogen and oxygen atoms in total. The first-order valence-electron chi connectivity index (χ1n) is 7.16. The van der Waals surface area contributed by atoms with Gasteiger partial charge in [0, 0.05) is 11.3 Å². The van der Waals surface area contributed by atoms with E-state index >= 15 is 0 Å². The third-order valence-corrected chi connectivity index (χ3v) is 4.04. The molecule has 0 saturated heterocycles. The Hall–Kier alpha value is -1.83. The molecule has 1 saturated carbocycles. The Bertz CT molecular complexity index is 590. The molecule has 2 aromatic rings. The number of aliphatic imine (C=N–C) groups is 1. The summed E-state index contributed by atoms with van der Waals surface area (Å²) in [7, 11) is 0. The minimum Gasteiger partial charge on any atom is -0.387 e. The topological polar surface area (TPSA) is 38.4 Å². The van der Waals surface area contributed by atoms with Crippen LogP contribution >= 0.6 is 0 Å². The second-order valence-corrected chi connectivity index (χ2v) is 5.37. The van der Waals surface area contributed by atoms with Crippen molar-refractivity contribution in [3.05, 3.63) is 42.5 Å². The van der Waals surface area contributed by atoms with Crippen molar-refractivity contribution in [2.24, 2.45) is 16.6 Å². The van der Waals surface area contributed by atoms with Crippen molar-refractivity contribution < 1.29 is 0 Å². The van der Waals surface area contributed by atoms with Gasteiger partial charge >= 0.3 is 0 Å². The van der Waals surface area contributed by atoms with Gasteiger partial charge in [0.25, 0.3) is 0 Å². The molecule has 1 aliphatic carbocycles. The normalized spacial score (nSPS) is 17.8. The van der Waals surface area contributed by atoms with Gasteiger partial charge in [-0.05, 0) is 24.3 Å². The molecule has 0 aliphatic heterocycles. The number of rotatable bonds is 2. The highest BCUT2D eigenvalue weighted by atomic mass is 14.9. The molecule has 3 rings (SSSR count). The van der Waals surface area contributed by atoms with Gasteiger partial charge in [0.1, 0.15) is 5.84 Å². The minimum absolute atomic E-state index is 0.479. The van der Waals surface area contributed by atoms with Crippen LogP contribution in [0.1, 0.15) is 32.1 Å². The zero-order chi connectivity index (χ0) is 13.1. The Morgan fingerprint density at radius 3 is 2.53 bits per heavy atom. The Kier molecular flexibility index (Phi) is 3.49. The SMILES string of the molecule is NC(=Nc1cccc2ccccc12)C1CCCCC1. The number of amidine groups is 1. The van der Waals surface area contributed by atoms with Crippen LogP contribution in [0.15, 0.2) is 47.5 Å². The van der Waals surface area contributed by atoms with Gasteiger partial charge in [-0.1, -0.05) is 55.7 Å². The lowest BCUT2D eigenvalue weighted by atomic mass is 9.88. The van der Waals surface area contributed by atoms with Gasteiger partial charge in [0.2, 0.25) is 0 Å². The molecule has 0 bridgehead atoms. The monoisotopic (exact) mass is 252 g/mol. The van der Waals surface area contributed by atoms with E-state index in [1.807, 2.05) is 0 Å². The molecule has 2 heteroatoms. The molecule has 1 fully saturated rings. The summed E-state index contributed by atoms with van der Waals surface area (Å²) in [5.41, 5.74) is 7.22. The van der Waals surface area contributed by atoms with Crippen molar-refractivity contribution in [1.29, 1.82) is 0 Å². The van der Waals surface area contributed by atoms with E-state index in [0.717, 1.165) is 11.5 Å². The van der Waals surface area contributed by atoms with E-state index in [-0.39, 0.29) is 0 Å². The highest BCUT2D eigenvalue weighted by molar-refractivity contribution is 5.96. The Balaban J connectivity index is 1.95. The van der Waals surface area contributed by atoms with Crippen molar-refractivity contribution in [1.82, 2.24) is 0 Å². The van der Waals surface area contributed by atoms with Crippen LogP contribution in [0, 0.1) is 5.92 Å². The molecule has 19 heavy (non-hydrogen) atoms. The summed E-state index contributed by atoms with van der Waals surface area (Å²) >= 11 is 0. The third-order valence-electron chi connectivity index (χ3n) is 4.04. The summed E-state index contributed by atoms with van der Waals surface area (Å²) in [6.45, 7) is 0. The molecule has 0 aromatic heterocycles. The maximum Gasteiger partial charge on any atom is 0.103 e. The first-order chi connectivity index (χ1) is 9.34. The fourth-order valence-electron chi connectivity index (χ4n) is 2.93. The van der Waals surface area contributed by atoms with Crippen LogP contribution in [-0.2, 0) is 0 Å². The summed E-state index contributed by atoms with van der Waals surface area (Å²) in [6.07, 6.45) is 6.31. The van der Waals surface area contributed by atoms with Crippen LogP contribution in [0.4, 0.5) is 5.69 Å². The second-order valence-electron chi connectivity index (χ2n) is 5.37. The molecule has 0 amide bonds. The second kappa shape index (κ2) is 5.43. The summed E-state index contributed by atoms with van der Waals surface area (Å²) < 4.78 is 0. The summed E-state index contributed by atoms with van der Waals surface area (Å²) in [5.74, 6) is 1.30. The van der Waals surface area contributed by atoms with Crippen molar-refractivity contribution in [3.63, 3.8) is 0 Å². The predicted octanol–water partition coefficient (Wildman–Crippen LogP) is 4.41. The average Bonchev–Trinajstić information content (AvgIpc) is 2.48. The van der Waals surface area contributed by atoms with Gasteiger partial charge in [-0.25, -0.2) is 4.99 Å². The maximum absolute atomic E-state index is 6.22. The molecule has 2 aromatic carbocycles.